The first-order valence-corrected chi connectivity index (χ1v) is 7.50. The summed E-state index contributed by atoms with van der Waals surface area (Å²) in [4.78, 5) is 13.8. The molecular formula is C12H25ClN2OS. The van der Waals surface area contributed by atoms with Crippen LogP contribution < -0.4 is 5.73 Å². The van der Waals surface area contributed by atoms with Crippen molar-refractivity contribution in [3.05, 3.63) is 0 Å². The number of amides is 1. The van der Waals surface area contributed by atoms with Gasteiger partial charge in [-0.2, -0.15) is 11.8 Å². The quantitative estimate of drug-likeness (QED) is 0.760. The number of hydrogen-bond donors (Lipinski definition) is 1. The van der Waals surface area contributed by atoms with Crippen LogP contribution in [0.25, 0.3) is 0 Å². The van der Waals surface area contributed by atoms with Crippen molar-refractivity contribution in [1.82, 2.24) is 4.90 Å². The third-order valence-corrected chi connectivity index (χ3v) is 4.06. The van der Waals surface area contributed by atoms with E-state index >= 15 is 0 Å². The SMILES string of the molecule is CCCCSCCC(=O)N1CCC(N)CC1.Cl. The summed E-state index contributed by atoms with van der Waals surface area (Å²) in [5.41, 5.74) is 5.81. The van der Waals surface area contributed by atoms with Crippen LogP contribution in [0.15, 0.2) is 0 Å². The normalized spacial score (nSPS) is 16.7. The van der Waals surface area contributed by atoms with Crippen LogP contribution in [-0.4, -0.2) is 41.4 Å². The predicted octanol–water partition coefficient (Wildman–Crippen LogP) is 2.28. The number of nitrogens with zero attached hydrogens (tertiary/aromatic N) is 1. The van der Waals surface area contributed by atoms with E-state index in [-0.39, 0.29) is 12.4 Å². The minimum atomic E-state index is 0. The number of piperidine rings is 1. The topological polar surface area (TPSA) is 46.3 Å². The van der Waals surface area contributed by atoms with Crippen LogP contribution in [-0.2, 0) is 4.79 Å². The van der Waals surface area contributed by atoms with Crippen molar-refractivity contribution in [3.8, 4) is 0 Å². The molecule has 0 unspecified atom stereocenters. The van der Waals surface area contributed by atoms with Crippen molar-refractivity contribution in [1.29, 1.82) is 0 Å². The molecule has 2 N–H and O–H groups in total. The summed E-state index contributed by atoms with van der Waals surface area (Å²) in [5, 5.41) is 0. The highest BCUT2D eigenvalue weighted by Crippen LogP contribution is 2.12. The number of likely N-dealkylation sites (tertiary alicyclic amines) is 1. The van der Waals surface area contributed by atoms with Crippen LogP contribution in [0, 0.1) is 0 Å². The second kappa shape index (κ2) is 10.0. The van der Waals surface area contributed by atoms with E-state index in [9.17, 15) is 4.79 Å². The number of thioether (sulfide) groups is 1. The lowest BCUT2D eigenvalue weighted by atomic mass is 10.1. The number of unbranched alkanes of at least 4 members (excludes halogenated alkanes) is 1. The Balaban J connectivity index is 0.00000256. The van der Waals surface area contributed by atoms with Gasteiger partial charge in [-0.25, -0.2) is 0 Å². The number of hydrogen-bond acceptors (Lipinski definition) is 3. The van der Waals surface area contributed by atoms with E-state index in [2.05, 4.69) is 6.92 Å². The molecule has 0 spiro atoms. The van der Waals surface area contributed by atoms with E-state index in [4.69, 9.17) is 5.73 Å². The van der Waals surface area contributed by atoms with Gasteiger partial charge in [-0.1, -0.05) is 13.3 Å². The standard InChI is InChI=1S/C12H24N2OS.ClH/c1-2-3-9-16-10-6-12(15)14-7-4-11(13)5-8-14;/h11H,2-10,13H2,1H3;1H. The lowest BCUT2D eigenvalue weighted by Crippen LogP contribution is -2.42. The van der Waals surface area contributed by atoms with E-state index in [0.29, 0.717) is 18.4 Å². The van der Waals surface area contributed by atoms with Crippen molar-refractivity contribution in [2.24, 2.45) is 5.73 Å². The maximum Gasteiger partial charge on any atom is 0.223 e. The smallest absolute Gasteiger partial charge is 0.223 e. The van der Waals surface area contributed by atoms with Gasteiger partial charge >= 0.3 is 0 Å². The average molecular weight is 281 g/mol. The second-order valence-electron chi connectivity index (χ2n) is 4.43. The van der Waals surface area contributed by atoms with Crippen LogP contribution in [0.4, 0.5) is 0 Å². The molecule has 0 aromatic rings. The molecule has 3 nitrogen and oxygen atoms in total. The molecule has 1 saturated heterocycles. The van der Waals surface area contributed by atoms with Crippen LogP contribution in [0.3, 0.4) is 0 Å². The molecule has 1 aliphatic heterocycles. The van der Waals surface area contributed by atoms with Crippen LogP contribution in [0.2, 0.25) is 0 Å². The van der Waals surface area contributed by atoms with Gasteiger partial charge in [0.1, 0.15) is 0 Å². The van der Waals surface area contributed by atoms with Gasteiger partial charge in [0.15, 0.2) is 0 Å². The van der Waals surface area contributed by atoms with E-state index in [0.717, 1.165) is 31.7 Å². The van der Waals surface area contributed by atoms with Gasteiger partial charge in [0.25, 0.3) is 0 Å². The first-order valence-electron chi connectivity index (χ1n) is 6.35. The predicted molar refractivity (Wildman–Crippen MR) is 77.9 cm³/mol. The van der Waals surface area contributed by atoms with Gasteiger partial charge in [-0.3, -0.25) is 4.79 Å². The molecule has 0 aromatic heterocycles. The average Bonchev–Trinajstić information content (AvgIpc) is 2.29. The molecule has 0 aromatic carbocycles. The molecule has 0 radical (unpaired) electrons. The lowest BCUT2D eigenvalue weighted by molar-refractivity contribution is -0.131. The largest absolute Gasteiger partial charge is 0.343 e. The highest BCUT2D eigenvalue weighted by atomic mass is 35.5. The van der Waals surface area contributed by atoms with E-state index in [1.165, 1.54) is 18.6 Å². The number of carbonyl (C=O) groups excluding carboxylic acids is 1. The molecule has 102 valence electrons. The first-order chi connectivity index (χ1) is 7.74. The number of carbonyl (C=O) groups is 1. The van der Waals surface area contributed by atoms with Gasteiger partial charge in [0.2, 0.25) is 5.91 Å². The molecule has 1 aliphatic rings. The second-order valence-corrected chi connectivity index (χ2v) is 5.66. The monoisotopic (exact) mass is 280 g/mol. The molecule has 0 saturated carbocycles. The van der Waals surface area contributed by atoms with E-state index in [1.54, 1.807) is 0 Å². The van der Waals surface area contributed by atoms with Crippen molar-refractivity contribution < 1.29 is 4.79 Å². The Bertz CT molecular complexity index is 209. The molecule has 5 heteroatoms. The van der Waals surface area contributed by atoms with Gasteiger partial charge in [0.05, 0.1) is 0 Å². The molecule has 1 amide bonds. The lowest BCUT2D eigenvalue weighted by Gasteiger charge is -2.30. The van der Waals surface area contributed by atoms with Gasteiger partial charge in [-0.05, 0) is 25.0 Å². The highest BCUT2D eigenvalue weighted by molar-refractivity contribution is 7.99. The third kappa shape index (κ3) is 7.17. The van der Waals surface area contributed by atoms with Crippen molar-refractivity contribution in [3.63, 3.8) is 0 Å². The summed E-state index contributed by atoms with van der Waals surface area (Å²) in [7, 11) is 0. The van der Waals surface area contributed by atoms with Crippen LogP contribution >= 0.6 is 24.2 Å². The summed E-state index contributed by atoms with van der Waals surface area (Å²) in [6.07, 6.45) is 5.13. The molecule has 1 rings (SSSR count). The Morgan fingerprint density at radius 2 is 2.00 bits per heavy atom. The van der Waals surface area contributed by atoms with E-state index in [1.807, 2.05) is 16.7 Å². The molecular weight excluding hydrogens is 256 g/mol. The summed E-state index contributed by atoms with van der Waals surface area (Å²) in [6.45, 7) is 3.92. The third-order valence-electron chi connectivity index (χ3n) is 2.99. The molecule has 17 heavy (non-hydrogen) atoms. The highest BCUT2D eigenvalue weighted by Gasteiger charge is 2.19. The Morgan fingerprint density at radius 3 is 2.59 bits per heavy atom. The number of nitrogens with two attached hydrogens (primary N) is 1. The Morgan fingerprint density at radius 1 is 1.35 bits per heavy atom. The van der Waals surface area contributed by atoms with Crippen LogP contribution in [0.1, 0.15) is 39.0 Å². The minimum absolute atomic E-state index is 0. The summed E-state index contributed by atoms with van der Waals surface area (Å²) < 4.78 is 0. The molecule has 0 bridgehead atoms. The molecule has 0 atom stereocenters. The zero-order chi connectivity index (χ0) is 11.8. The van der Waals surface area contributed by atoms with Crippen molar-refractivity contribution in [2.75, 3.05) is 24.6 Å². The van der Waals surface area contributed by atoms with Gasteiger partial charge in [0, 0.05) is 31.3 Å². The summed E-state index contributed by atoms with van der Waals surface area (Å²) in [6, 6.07) is 0.308. The Labute approximate surface area is 115 Å². The maximum atomic E-state index is 11.8. The Hall–Kier alpha value is 0.0700. The van der Waals surface area contributed by atoms with Gasteiger partial charge < -0.3 is 10.6 Å². The zero-order valence-electron chi connectivity index (χ0n) is 10.7. The summed E-state index contributed by atoms with van der Waals surface area (Å²) >= 11 is 1.90. The summed E-state index contributed by atoms with van der Waals surface area (Å²) in [5.74, 6) is 2.48. The maximum absolute atomic E-state index is 11.8. The van der Waals surface area contributed by atoms with Crippen molar-refractivity contribution in [2.45, 2.75) is 45.1 Å². The van der Waals surface area contributed by atoms with E-state index < -0.39 is 0 Å². The first kappa shape index (κ1) is 17.1. The molecule has 0 aliphatic carbocycles. The fourth-order valence-electron chi connectivity index (χ4n) is 1.81. The molecule has 1 fully saturated rings. The van der Waals surface area contributed by atoms with Crippen LogP contribution in [0.5, 0.6) is 0 Å². The number of halogens is 1. The fraction of sp³-hybridized carbons (Fsp3) is 0.917. The van der Waals surface area contributed by atoms with Gasteiger partial charge in [-0.15, -0.1) is 12.4 Å². The molecule has 1 heterocycles. The fourth-order valence-corrected chi connectivity index (χ4v) is 2.83. The minimum Gasteiger partial charge on any atom is -0.343 e. The zero-order valence-corrected chi connectivity index (χ0v) is 12.3. The van der Waals surface area contributed by atoms with Crippen molar-refractivity contribution >= 4 is 30.1 Å². The Kier molecular flexibility index (Phi) is 10.1. The number of rotatable bonds is 6.